The molecule has 118 valence electrons. The lowest BCUT2D eigenvalue weighted by Gasteiger charge is -2.45. The second-order valence-corrected chi connectivity index (χ2v) is 8.02. The Morgan fingerprint density at radius 1 is 1.19 bits per heavy atom. The van der Waals surface area contributed by atoms with Crippen molar-refractivity contribution in [1.29, 1.82) is 0 Å². The van der Waals surface area contributed by atoms with E-state index in [0.29, 0.717) is 17.5 Å². The van der Waals surface area contributed by atoms with Crippen LogP contribution in [0.5, 0.6) is 0 Å². The average molecular weight is 288 g/mol. The Hall–Kier alpha value is -0.860. The van der Waals surface area contributed by atoms with Crippen LogP contribution in [0, 0.1) is 11.3 Å². The lowest BCUT2D eigenvalue weighted by atomic mass is 9.84. The third kappa shape index (κ3) is 4.82. The van der Waals surface area contributed by atoms with E-state index in [1.165, 1.54) is 18.7 Å². The number of hydrogen-bond donors (Lipinski definition) is 1. The van der Waals surface area contributed by atoms with Crippen molar-refractivity contribution in [1.82, 2.24) is 10.2 Å². The summed E-state index contributed by atoms with van der Waals surface area (Å²) in [7, 11) is 0. The smallest absolute Gasteiger partial charge is 0.0261 e. The molecular formula is C19H32N2. The largest absolute Gasteiger partial charge is 0.311 e. The molecule has 1 fully saturated rings. The first-order chi connectivity index (χ1) is 9.86. The van der Waals surface area contributed by atoms with Gasteiger partial charge in [0.1, 0.15) is 0 Å². The highest BCUT2D eigenvalue weighted by Crippen LogP contribution is 2.25. The molecule has 2 heteroatoms. The molecule has 1 aromatic carbocycles. The molecule has 1 aliphatic heterocycles. The standard InChI is InChI=1S/C19H32N2/c1-15(2)13-21-14-18(19(3,4)5)20-12-17(21)11-16-9-7-6-8-10-16/h6-10,15,17-18,20H,11-14H2,1-5H3. The molecule has 0 radical (unpaired) electrons. The Labute approximate surface area is 130 Å². The summed E-state index contributed by atoms with van der Waals surface area (Å²) in [6.45, 7) is 15.1. The molecule has 2 nitrogen and oxygen atoms in total. The summed E-state index contributed by atoms with van der Waals surface area (Å²) < 4.78 is 0. The number of rotatable bonds is 4. The normalized spacial score (nSPS) is 24.5. The van der Waals surface area contributed by atoms with Crippen LogP contribution < -0.4 is 5.32 Å². The third-order valence-corrected chi connectivity index (χ3v) is 4.49. The monoisotopic (exact) mass is 288 g/mol. The maximum absolute atomic E-state index is 3.79. The molecule has 0 saturated carbocycles. The average Bonchev–Trinajstić information content (AvgIpc) is 2.40. The topological polar surface area (TPSA) is 15.3 Å². The van der Waals surface area contributed by atoms with Gasteiger partial charge >= 0.3 is 0 Å². The van der Waals surface area contributed by atoms with Crippen LogP contribution in [0.3, 0.4) is 0 Å². The molecule has 2 unspecified atom stereocenters. The number of piperazine rings is 1. The zero-order valence-electron chi connectivity index (χ0n) is 14.4. The van der Waals surface area contributed by atoms with Gasteiger partial charge in [-0.3, -0.25) is 4.90 Å². The van der Waals surface area contributed by atoms with E-state index in [2.05, 4.69) is 75.2 Å². The second kappa shape index (κ2) is 6.93. The van der Waals surface area contributed by atoms with Crippen LogP contribution in [0.15, 0.2) is 30.3 Å². The van der Waals surface area contributed by atoms with Crippen molar-refractivity contribution in [3.05, 3.63) is 35.9 Å². The lowest BCUT2D eigenvalue weighted by molar-refractivity contribution is 0.0759. The minimum Gasteiger partial charge on any atom is -0.311 e. The first-order valence-electron chi connectivity index (χ1n) is 8.37. The molecule has 1 aromatic rings. The van der Waals surface area contributed by atoms with Gasteiger partial charge in [-0.05, 0) is 23.3 Å². The van der Waals surface area contributed by atoms with Gasteiger partial charge in [-0.1, -0.05) is 65.0 Å². The summed E-state index contributed by atoms with van der Waals surface area (Å²) in [5, 5.41) is 3.79. The molecule has 21 heavy (non-hydrogen) atoms. The van der Waals surface area contributed by atoms with Crippen LogP contribution in [0.2, 0.25) is 0 Å². The van der Waals surface area contributed by atoms with Crippen LogP contribution in [0.4, 0.5) is 0 Å². The number of nitrogens with zero attached hydrogens (tertiary/aromatic N) is 1. The SMILES string of the molecule is CC(C)CN1CC(C(C)(C)C)NCC1Cc1ccccc1. The summed E-state index contributed by atoms with van der Waals surface area (Å²) >= 11 is 0. The van der Waals surface area contributed by atoms with Gasteiger partial charge in [-0.25, -0.2) is 0 Å². The summed E-state index contributed by atoms with van der Waals surface area (Å²) in [5.74, 6) is 0.724. The first kappa shape index (κ1) is 16.5. The third-order valence-electron chi connectivity index (χ3n) is 4.49. The Balaban J connectivity index is 2.05. The predicted molar refractivity (Wildman–Crippen MR) is 91.6 cm³/mol. The molecule has 0 aromatic heterocycles. The van der Waals surface area contributed by atoms with Gasteiger partial charge in [0.15, 0.2) is 0 Å². The van der Waals surface area contributed by atoms with Gasteiger partial charge < -0.3 is 5.32 Å². The molecule has 1 heterocycles. The Bertz CT molecular complexity index is 419. The fraction of sp³-hybridized carbons (Fsp3) is 0.684. The van der Waals surface area contributed by atoms with E-state index in [4.69, 9.17) is 0 Å². The second-order valence-electron chi connectivity index (χ2n) is 8.02. The van der Waals surface area contributed by atoms with Crippen molar-refractivity contribution in [2.24, 2.45) is 11.3 Å². The van der Waals surface area contributed by atoms with E-state index in [9.17, 15) is 0 Å². The Morgan fingerprint density at radius 3 is 2.43 bits per heavy atom. The van der Waals surface area contributed by atoms with Crippen molar-refractivity contribution in [2.45, 2.75) is 53.1 Å². The predicted octanol–water partition coefficient (Wildman–Crippen LogP) is 3.57. The molecule has 1 N–H and O–H groups in total. The molecule has 1 aliphatic rings. The molecule has 2 atom stereocenters. The summed E-state index contributed by atoms with van der Waals surface area (Å²) in [4.78, 5) is 2.71. The summed E-state index contributed by atoms with van der Waals surface area (Å²) in [6.07, 6.45) is 1.15. The molecule has 0 aliphatic carbocycles. The summed E-state index contributed by atoms with van der Waals surface area (Å²) in [5.41, 5.74) is 1.78. The van der Waals surface area contributed by atoms with Crippen LogP contribution in [0.25, 0.3) is 0 Å². The highest BCUT2D eigenvalue weighted by atomic mass is 15.2. The van der Waals surface area contributed by atoms with Gasteiger partial charge in [-0.15, -0.1) is 0 Å². The van der Waals surface area contributed by atoms with E-state index in [-0.39, 0.29) is 0 Å². The van der Waals surface area contributed by atoms with Crippen molar-refractivity contribution in [2.75, 3.05) is 19.6 Å². The fourth-order valence-corrected chi connectivity index (χ4v) is 3.22. The maximum Gasteiger partial charge on any atom is 0.0261 e. The molecular weight excluding hydrogens is 256 g/mol. The maximum atomic E-state index is 3.79. The molecule has 0 spiro atoms. The lowest BCUT2D eigenvalue weighted by Crippen LogP contribution is -2.61. The molecule has 1 saturated heterocycles. The van der Waals surface area contributed by atoms with Crippen molar-refractivity contribution < 1.29 is 0 Å². The first-order valence-corrected chi connectivity index (χ1v) is 8.37. The minimum atomic E-state index is 0.326. The van der Waals surface area contributed by atoms with Gasteiger partial charge in [0.2, 0.25) is 0 Å². The molecule has 0 bridgehead atoms. The van der Waals surface area contributed by atoms with Crippen LogP contribution in [-0.4, -0.2) is 36.6 Å². The van der Waals surface area contributed by atoms with Crippen LogP contribution in [0.1, 0.15) is 40.2 Å². The molecule has 2 rings (SSSR count). The fourth-order valence-electron chi connectivity index (χ4n) is 3.22. The van der Waals surface area contributed by atoms with Gasteiger partial charge in [-0.2, -0.15) is 0 Å². The molecule has 0 amide bonds. The highest BCUT2D eigenvalue weighted by Gasteiger charge is 2.34. The summed E-state index contributed by atoms with van der Waals surface area (Å²) in [6, 6.07) is 12.1. The van der Waals surface area contributed by atoms with Crippen molar-refractivity contribution >= 4 is 0 Å². The van der Waals surface area contributed by atoms with Gasteiger partial charge in [0, 0.05) is 31.7 Å². The number of benzene rings is 1. The van der Waals surface area contributed by atoms with Gasteiger partial charge in [0.05, 0.1) is 0 Å². The van der Waals surface area contributed by atoms with Crippen molar-refractivity contribution in [3.8, 4) is 0 Å². The van der Waals surface area contributed by atoms with Gasteiger partial charge in [0.25, 0.3) is 0 Å². The van der Waals surface area contributed by atoms with Crippen molar-refractivity contribution in [3.63, 3.8) is 0 Å². The number of nitrogens with one attached hydrogen (secondary N) is 1. The number of hydrogen-bond acceptors (Lipinski definition) is 2. The van der Waals surface area contributed by atoms with E-state index >= 15 is 0 Å². The Kier molecular flexibility index (Phi) is 5.45. The highest BCUT2D eigenvalue weighted by molar-refractivity contribution is 5.16. The zero-order chi connectivity index (χ0) is 15.5. The van der Waals surface area contributed by atoms with E-state index in [1.807, 2.05) is 0 Å². The quantitative estimate of drug-likeness (QED) is 0.911. The zero-order valence-corrected chi connectivity index (χ0v) is 14.4. The van der Waals surface area contributed by atoms with E-state index in [0.717, 1.165) is 18.9 Å². The van der Waals surface area contributed by atoms with Crippen LogP contribution in [-0.2, 0) is 6.42 Å². The van der Waals surface area contributed by atoms with E-state index in [1.54, 1.807) is 0 Å². The van der Waals surface area contributed by atoms with Crippen LogP contribution >= 0.6 is 0 Å². The van der Waals surface area contributed by atoms with E-state index < -0.39 is 0 Å². The Morgan fingerprint density at radius 2 is 1.86 bits per heavy atom. The minimum absolute atomic E-state index is 0.326.